The quantitative estimate of drug-likeness (QED) is 0.794. The molecule has 3 rings (SSSR count). The van der Waals surface area contributed by atoms with Gasteiger partial charge in [0.25, 0.3) is 0 Å². The number of rotatable bonds is 2. The molecule has 0 fully saturated rings. The molecule has 0 N–H and O–H groups in total. The van der Waals surface area contributed by atoms with Gasteiger partial charge in [-0.2, -0.15) is 5.26 Å². The first-order chi connectivity index (χ1) is 9.74. The minimum Gasteiger partial charge on any atom is -0.486 e. The Labute approximate surface area is 125 Å². The van der Waals surface area contributed by atoms with Crippen molar-refractivity contribution in [2.45, 2.75) is 9.92 Å². The minimum atomic E-state index is 0.309. The highest BCUT2D eigenvalue weighted by atomic mass is 35.5. The van der Waals surface area contributed by atoms with E-state index >= 15 is 0 Å². The van der Waals surface area contributed by atoms with Crippen molar-refractivity contribution in [1.82, 2.24) is 4.98 Å². The Kier molecular flexibility index (Phi) is 3.68. The van der Waals surface area contributed by atoms with Gasteiger partial charge in [0.2, 0.25) is 0 Å². The highest BCUT2D eigenvalue weighted by molar-refractivity contribution is 7.99. The summed E-state index contributed by atoms with van der Waals surface area (Å²) in [6, 6.07) is 11.0. The van der Waals surface area contributed by atoms with Gasteiger partial charge in [-0.1, -0.05) is 23.4 Å². The van der Waals surface area contributed by atoms with Crippen LogP contribution < -0.4 is 9.47 Å². The molecule has 0 aliphatic carbocycles. The zero-order valence-corrected chi connectivity index (χ0v) is 11.9. The fraction of sp³-hybridized carbons (Fsp3) is 0.143. The molecule has 0 bridgehead atoms. The third-order valence-electron chi connectivity index (χ3n) is 2.64. The van der Waals surface area contributed by atoms with E-state index in [1.807, 2.05) is 18.2 Å². The van der Waals surface area contributed by atoms with Crippen molar-refractivity contribution in [2.24, 2.45) is 0 Å². The van der Waals surface area contributed by atoms with Crippen molar-refractivity contribution in [1.29, 1.82) is 5.26 Å². The molecular formula is C14H9ClN2O2S. The molecule has 0 radical (unpaired) electrons. The Bertz CT molecular complexity index is 700. The normalized spacial score (nSPS) is 12.8. The second kappa shape index (κ2) is 5.61. The van der Waals surface area contributed by atoms with E-state index in [9.17, 15) is 0 Å². The number of fused-ring (bicyclic) bond motifs is 1. The zero-order chi connectivity index (χ0) is 13.9. The average molecular weight is 305 g/mol. The van der Waals surface area contributed by atoms with Crippen molar-refractivity contribution in [3.8, 4) is 17.6 Å². The van der Waals surface area contributed by atoms with Crippen molar-refractivity contribution in [2.75, 3.05) is 13.2 Å². The molecule has 6 heteroatoms. The van der Waals surface area contributed by atoms with Gasteiger partial charge in [0.05, 0.1) is 11.6 Å². The largest absolute Gasteiger partial charge is 0.486 e. The van der Waals surface area contributed by atoms with Crippen LogP contribution in [-0.4, -0.2) is 18.2 Å². The number of benzene rings is 1. The SMILES string of the molecule is N#Cc1cc(Cl)nc(Sc2ccc3c(c2)OCCO3)c1. The monoisotopic (exact) mass is 304 g/mol. The zero-order valence-electron chi connectivity index (χ0n) is 10.3. The number of nitriles is 1. The van der Waals surface area contributed by atoms with Crippen LogP contribution >= 0.6 is 23.4 Å². The number of hydrogen-bond acceptors (Lipinski definition) is 5. The summed E-state index contributed by atoms with van der Waals surface area (Å²) < 4.78 is 11.0. The molecule has 0 saturated heterocycles. The summed E-state index contributed by atoms with van der Waals surface area (Å²) >= 11 is 7.31. The molecule has 2 heterocycles. The average Bonchev–Trinajstić information content (AvgIpc) is 2.46. The maximum Gasteiger partial charge on any atom is 0.162 e. The van der Waals surface area contributed by atoms with E-state index in [0.29, 0.717) is 29.0 Å². The third kappa shape index (κ3) is 2.82. The maximum atomic E-state index is 8.93. The van der Waals surface area contributed by atoms with Crippen LogP contribution in [0.15, 0.2) is 40.3 Å². The molecule has 20 heavy (non-hydrogen) atoms. The van der Waals surface area contributed by atoms with Crippen LogP contribution in [0, 0.1) is 11.3 Å². The number of nitrogens with zero attached hydrogens (tertiary/aromatic N) is 2. The first-order valence-corrected chi connectivity index (χ1v) is 7.09. The van der Waals surface area contributed by atoms with Crippen LogP contribution in [0.4, 0.5) is 0 Å². The van der Waals surface area contributed by atoms with Crippen LogP contribution in [0.1, 0.15) is 5.56 Å². The van der Waals surface area contributed by atoms with Gasteiger partial charge in [0.15, 0.2) is 11.5 Å². The van der Waals surface area contributed by atoms with Crippen LogP contribution in [-0.2, 0) is 0 Å². The Morgan fingerprint density at radius 1 is 1.15 bits per heavy atom. The van der Waals surface area contributed by atoms with E-state index in [1.165, 1.54) is 17.8 Å². The van der Waals surface area contributed by atoms with Crippen LogP contribution in [0.3, 0.4) is 0 Å². The van der Waals surface area contributed by atoms with E-state index in [2.05, 4.69) is 11.1 Å². The molecule has 0 amide bonds. The lowest BCUT2D eigenvalue weighted by atomic mass is 10.3. The Hall–Kier alpha value is -1.90. The van der Waals surface area contributed by atoms with Gasteiger partial charge in [0, 0.05) is 4.90 Å². The molecule has 0 unspecified atom stereocenters. The lowest BCUT2D eigenvalue weighted by Crippen LogP contribution is -2.15. The van der Waals surface area contributed by atoms with Gasteiger partial charge in [-0.05, 0) is 30.3 Å². The first-order valence-electron chi connectivity index (χ1n) is 5.90. The van der Waals surface area contributed by atoms with Crippen molar-refractivity contribution in [3.63, 3.8) is 0 Å². The summed E-state index contributed by atoms with van der Waals surface area (Å²) in [5.74, 6) is 1.47. The molecule has 0 spiro atoms. The summed E-state index contributed by atoms with van der Waals surface area (Å²) in [6.07, 6.45) is 0. The predicted octanol–water partition coefficient (Wildman–Crippen LogP) is 3.53. The molecule has 1 aliphatic rings. The first kappa shape index (κ1) is 13.1. The minimum absolute atomic E-state index is 0.309. The third-order valence-corrected chi connectivity index (χ3v) is 3.74. The van der Waals surface area contributed by atoms with Crippen LogP contribution in [0.25, 0.3) is 0 Å². The second-order valence-corrected chi connectivity index (χ2v) is 5.52. The molecule has 4 nitrogen and oxygen atoms in total. The van der Waals surface area contributed by atoms with Crippen molar-refractivity contribution >= 4 is 23.4 Å². The van der Waals surface area contributed by atoms with Gasteiger partial charge in [-0.25, -0.2) is 4.98 Å². The summed E-state index contributed by atoms with van der Waals surface area (Å²) in [5.41, 5.74) is 0.491. The topological polar surface area (TPSA) is 55.1 Å². The number of pyridine rings is 1. The Balaban J connectivity index is 1.88. The van der Waals surface area contributed by atoms with Gasteiger partial charge in [-0.3, -0.25) is 0 Å². The molecule has 2 aromatic rings. The standard InChI is InChI=1S/C14H9ClN2O2S/c15-13-5-9(8-16)6-14(17-13)20-10-1-2-11-12(7-10)19-4-3-18-11/h1-2,5-7H,3-4H2. The molecule has 1 aromatic heterocycles. The molecule has 0 saturated carbocycles. The molecule has 1 aliphatic heterocycles. The smallest absolute Gasteiger partial charge is 0.162 e. The lowest BCUT2D eigenvalue weighted by Gasteiger charge is -2.18. The van der Waals surface area contributed by atoms with E-state index in [1.54, 1.807) is 6.07 Å². The number of aromatic nitrogens is 1. The highest BCUT2D eigenvalue weighted by Gasteiger charge is 2.12. The number of ether oxygens (including phenoxy) is 2. The van der Waals surface area contributed by atoms with Crippen LogP contribution in [0.5, 0.6) is 11.5 Å². The summed E-state index contributed by atoms with van der Waals surface area (Å²) in [6.45, 7) is 1.12. The second-order valence-electron chi connectivity index (χ2n) is 4.04. The highest BCUT2D eigenvalue weighted by Crippen LogP contribution is 2.36. The molecule has 0 atom stereocenters. The van der Waals surface area contributed by atoms with Crippen molar-refractivity contribution in [3.05, 3.63) is 41.0 Å². The fourth-order valence-corrected chi connectivity index (χ4v) is 2.93. The van der Waals surface area contributed by atoms with E-state index in [0.717, 1.165) is 16.4 Å². The number of hydrogen-bond donors (Lipinski definition) is 0. The fourth-order valence-electron chi connectivity index (χ4n) is 1.80. The summed E-state index contributed by atoms with van der Waals surface area (Å²) in [5, 5.41) is 9.91. The molecular weight excluding hydrogens is 296 g/mol. The Morgan fingerprint density at radius 2 is 1.95 bits per heavy atom. The van der Waals surface area contributed by atoms with Gasteiger partial charge < -0.3 is 9.47 Å². The van der Waals surface area contributed by atoms with Gasteiger partial charge in [0.1, 0.15) is 23.4 Å². The van der Waals surface area contributed by atoms with Gasteiger partial charge >= 0.3 is 0 Å². The van der Waals surface area contributed by atoms with Gasteiger partial charge in [-0.15, -0.1) is 0 Å². The maximum absolute atomic E-state index is 8.93. The predicted molar refractivity (Wildman–Crippen MR) is 75.5 cm³/mol. The lowest BCUT2D eigenvalue weighted by molar-refractivity contribution is 0.171. The van der Waals surface area contributed by atoms with E-state index < -0.39 is 0 Å². The summed E-state index contributed by atoms with van der Waals surface area (Å²) in [7, 11) is 0. The van der Waals surface area contributed by atoms with E-state index in [-0.39, 0.29) is 0 Å². The molecule has 1 aromatic carbocycles. The number of halogens is 1. The Morgan fingerprint density at radius 3 is 2.75 bits per heavy atom. The summed E-state index contributed by atoms with van der Waals surface area (Å²) in [4.78, 5) is 5.15. The van der Waals surface area contributed by atoms with Crippen molar-refractivity contribution < 1.29 is 9.47 Å². The van der Waals surface area contributed by atoms with Crippen LogP contribution in [0.2, 0.25) is 5.15 Å². The van der Waals surface area contributed by atoms with E-state index in [4.69, 9.17) is 26.3 Å². The molecule has 100 valence electrons.